The SMILES string of the molecule is Brc1ccc2ccccc2c1.Clc1nc(Cl)nc(-c2ccc3ccccc3c2)n1.Clc1nc(Cl)nc(Cl)n1. The van der Waals surface area contributed by atoms with Gasteiger partial charge in [0, 0.05) is 10.0 Å². The third kappa shape index (κ3) is 8.17. The molecule has 0 saturated carbocycles. The lowest BCUT2D eigenvalue weighted by molar-refractivity contribution is 1.05. The topological polar surface area (TPSA) is 77.3 Å². The van der Waals surface area contributed by atoms with E-state index in [0.29, 0.717) is 5.82 Å². The van der Waals surface area contributed by atoms with Crippen molar-refractivity contribution >= 4 is 95.5 Å². The van der Waals surface area contributed by atoms with Crippen molar-refractivity contribution in [3.63, 3.8) is 0 Å². The molecule has 38 heavy (non-hydrogen) atoms. The van der Waals surface area contributed by atoms with Crippen LogP contribution in [0.4, 0.5) is 0 Å². The predicted octanol–water partition coefficient (Wildman–Crippen LogP) is 9.43. The van der Waals surface area contributed by atoms with E-state index >= 15 is 0 Å². The van der Waals surface area contributed by atoms with Crippen molar-refractivity contribution in [1.29, 1.82) is 0 Å². The van der Waals surface area contributed by atoms with Crippen LogP contribution in [0.5, 0.6) is 0 Å². The van der Waals surface area contributed by atoms with Crippen molar-refractivity contribution < 1.29 is 0 Å². The summed E-state index contributed by atoms with van der Waals surface area (Å²) in [5.74, 6) is 0.478. The molecular formula is C26H14BrCl5N6. The molecule has 6 aromatic rings. The minimum atomic E-state index is 0.000000000000000444. The highest BCUT2D eigenvalue weighted by molar-refractivity contribution is 9.10. The summed E-state index contributed by atoms with van der Waals surface area (Å²) < 4.78 is 1.14. The molecule has 0 N–H and O–H groups in total. The molecule has 4 aromatic carbocycles. The van der Waals surface area contributed by atoms with Crippen molar-refractivity contribution in [2.24, 2.45) is 0 Å². The number of halogens is 6. The number of rotatable bonds is 1. The highest BCUT2D eigenvalue weighted by Gasteiger charge is 2.06. The Morgan fingerprint density at radius 1 is 0.421 bits per heavy atom. The maximum Gasteiger partial charge on any atom is 0.227 e. The highest BCUT2D eigenvalue weighted by Crippen LogP contribution is 2.23. The van der Waals surface area contributed by atoms with Crippen molar-refractivity contribution in [3.8, 4) is 11.4 Å². The summed E-state index contributed by atoms with van der Waals surface area (Å²) in [7, 11) is 0. The largest absolute Gasteiger partial charge is 0.227 e. The van der Waals surface area contributed by atoms with Crippen LogP contribution in [0.15, 0.2) is 89.4 Å². The second kappa shape index (κ2) is 13.4. The Morgan fingerprint density at radius 2 is 0.816 bits per heavy atom. The number of nitrogens with zero attached hydrogens (tertiary/aromatic N) is 6. The fraction of sp³-hybridized carbons (Fsp3) is 0. The molecule has 0 amide bonds. The first-order valence-electron chi connectivity index (χ1n) is 10.7. The summed E-state index contributed by atoms with van der Waals surface area (Å²) in [5.41, 5.74) is 0.861. The Kier molecular flexibility index (Phi) is 10.0. The molecule has 0 bridgehead atoms. The van der Waals surface area contributed by atoms with Crippen LogP contribution in [0.1, 0.15) is 0 Å². The quantitative estimate of drug-likeness (QED) is 0.174. The smallest absolute Gasteiger partial charge is 0.198 e. The molecule has 0 saturated heterocycles. The molecule has 0 spiro atoms. The summed E-state index contributed by atoms with van der Waals surface area (Å²) in [6.07, 6.45) is 0. The molecule has 0 atom stereocenters. The molecule has 6 rings (SSSR count). The van der Waals surface area contributed by atoms with E-state index in [4.69, 9.17) is 58.0 Å². The van der Waals surface area contributed by atoms with Crippen LogP contribution in [-0.4, -0.2) is 29.9 Å². The van der Waals surface area contributed by atoms with Crippen molar-refractivity contribution in [2.75, 3.05) is 0 Å². The molecule has 0 radical (unpaired) electrons. The third-order valence-electron chi connectivity index (χ3n) is 4.85. The minimum absolute atomic E-state index is 0.000000000000000444. The summed E-state index contributed by atoms with van der Waals surface area (Å²) in [6, 6.07) is 28.6. The summed E-state index contributed by atoms with van der Waals surface area (Å²) >= 11 is 30.9. The molecule has 2 heterocycles. The van der Waals surface area contributed by atoms with E-state index < -0.39 is 0 Å². The van der Waals surface area contributed by atoms with Gasteiger partial charge in [-0.05, 0) is 97.7 Å². The molecule has 0 aliphatic carbocycles. The summed E-state index contributed by atoms with van der Waals surface area (Å²) in [4.78, 5) is 22.2. The van der Waals surface area contributed by atoms with Crippen LogP contribution in [0, 0.1) is 0 Å². The van der Waals surface area contributed by atoms with E-state index in [1.165, 1.54) is 10.8 Å². The van der Waals surface area contributed by atoms with Gasteiger partial charge in [-0.2, -0.15) is 29.9 Å². The van der Waals surface area contributed by atoms with Gasteiger partial charge in [-0.25, -0.2) is 0 Å². The second-order valence-electron chi connectivity index (χ2n) is 7.39. The third-order valence-corrected chi connectivity index (χ3v) is 6.19. The molecular weight excluding hydrogens is 653 g/mol. The molecule has 190 valence electrons. The van der Waals surface area contributed by atoms with Crippen LogP contribution < -0.4 is 0 Å². The zero-order valence-corrected chi connectivity index (χ0v) is 24.4. The Labute approximate surface area is 251 Å². The Bertz CT molecular complexity index is 1650. The standard InChI is InChI=1S/C13H7Cl2N3.C10H7Br.C3Cl3N3/c14-12-16-11(17-13(15)18-12)10-6-5-8-3-1-2-4-9(8)7-10;11-10-6-5-8-3-1-2-4-9(8)7-10;4-1-7-2(5)9-3(6)8-1/h1-7H;1-7H;. The molecule has 12 heteroatoms. The average molecular weight is 668 g/mol. The highest BCUT2D eigenvalue weighted by atomic mass is 79.9. The van der Waals surface area contributed by atoms with Crippen LogP contribution >= 0.6 is 73.9 Å². The van der Waals surface area contributed by atoms with E-state index in [1.54, 1.807) is 0 Å². The normalized spacial score (nSPS) is 10.4. The van der Waals surface area contributed by atoms with Gasteiger partial charge in [0.25, 0.3) is 0 Å². The Morgan fingerprint density at radius 3 is 1.32 bits per heavy atom. The van der Waals surface area contributed by atoms with Gasteiger partial charge < -0.3 is 0 Å². The maximum atomic E-state index is 5.77. The van der Waals surface area contributed by atoms with Crippen molar-refractivity contribution in [2.45, 2.75) is 0 Å². The number of aromatic nitrogens is 6. The van der Waals surface area contributed by atoms with Crippen molar-refractivity contribution in [1.82, 2.24) is 29.9 Å². The van der Waals surface area contributed by atoms with E-state index in [-0.39, 0.29) is 26.4 Å². The van der Waals surface area contributed by atoms with Gasteiger partial charge >= 0.3 is 0 Å². The first-order chi connectivity index (χ1) is 18.3. The maximum absolute atomic E-state index is 5.77. The summed E-state index contributed by atoms with van der Waals surface area (Å²) in [5, 5.41) is 5.03. The van der Waals surface area contributed by atoms with E-state index in [0.717, 1.165) is 20.8 Å². The molecule has 0 fully saturated rings. The first kappa shape index (κ1) is 28.4. The van der Waals surface area contributed by atoms with Gasteiger partial charge in [-0.1, -0.05) is 82.7 Å². The van der Waals surface area contributed by atoms with Gasteiger partial charge in [-0.3, -0.25) is 0 Å². The zero-order valence-electron chi connectivity index (χ0n) is 19.0. The average Bonchev–Trinajstić information content (AvgIpc) is 2.88. The van der Waals surface area contributed by atoms with Gasteiger partial charge in [-0.15, -0.1) is 0 Å². The molecule has 0 aliphatic rings. The van der Waals surface area contributed by atoms with E-state index in [1.807, 2.05) is 42.5 Å². The lowest BCUT2D eigenvalue weighted by atomic mass is 10.1. The number of hydrogen-bond acceptors (Lipinski definition) is 6. The van der Waals surface area contributed by atoms with Crippen molar-refractivity contribution in [3.05, 3.63) is 116 Å². The zero-order chi connectivity index (χ0) is 27.1. The van der Waals surface area contributed by atoms with Gasteiger partial charge in [0.15, 0.2) is 5.82 Å². The first-order valence-corrected chi connectivity index (χ1v) is 13.4. The molecule has 0 aliphatic heterocycles. The lowest BCUT2D eigenvalue weighted by Crippen LogP contribution is -1.93. The van der Waals surface area contributed by atoms with Crippen LogP contribution in [0.25, 0.3) is 32.9 Å². The van der Waals surface area contributed by atoms with Crippen LogP contribution in [-0.2, 0) is 0 Å². The molecule has 0 unspecified atom stereocenters. The monoisotopic (exact) mass is 664 g/mol. The fourth-order valence-electron chi connectivity index (χ4n) is 3.25. The molecule has 6 nitrogen and oxygen atoms in total. The van der Waals surface area contributed by atoms with Gasteiger partial charge in [0.1, 0.15) is 0 Å². The van der Waals surface area contributed by atoms with Crippen LogP contribution in [0.2, 0.25) is 26.4 Å². The Balaban J connectivity index is 0.000000144. The minimum Gasteiger partial charge on any atom is -0.198 e. The lowest BCUT2D eigenvalue weighted by Gasteiger charge is -2.03. The second-order valence-corrected chi connectivity index (χ2v) is 10.00. The van der Waals surface area contributed by atoms with E-state index in [9.17, 15) is 0 Å². The van der Waals surface area contributed by atoms with Crippen LogP contribution in [0.3, 0.4) is 0 Å². The number of hydrogen-bond donors (Lipinski definition) is 0. The Hall–Kier alpha value is -2.65. The molecule has 2 aromatic heterocycles. The van der Waals surface area contributed by atoms with E-state index in [2.05, 4.69) is 88.3 Å². The van der Waals surface area contributed by atoms with Gasteiger partial charge in [0.05, 0.1) is 0 Å². The fourth-order valence-corrected chi connectivity index (χ4v) is 4.60. The van der Waals surface area contributed by atoms with Gasteiger partial charge in [0.2, 0.25) is 26.4 Å². The number of fused-ring (bicyclic) bond motifs is 2. The number of benzene rings is 4. The summed E-state index contributed by atoms with van der Waals surface area (Å²) in [6.45, 7) is 0. The predicted molar refractivity (Wildman–Crippen MR) is 159 cm³/mol.